The number of hydrogen-bond donors (Lipinski definition) is 2. The number of alkyl halides is 3. The molecule has 0 aliphatic carbocycles. The SMILES string of the molecule is O=C(Nc1ccccc1C(=O)N/N=C\c1ccccc1C(F)(F)F)c1ccco1. The fourth-order valence-corrected chi connectivity index (χ4v) is 2.47. The van der Waals surface area contributed by atoms with E-state index in [4.69, 9.17) is 4.42 Å². The molecule has 1 aromatic heterocycles. The molecule has 2 amide bonds. The van der Waals surface area contributed by atoms with E-state index in [1.807, 2.05) is 0 Å². The van der Waals surface area contributed by atoms with Crippen molar-refractivity contribution in [3.8, 4) is 0 Å². The number of nitrogens with one attached hydrogen (secondary N) is 2. The summed E-state index contributed by atoms with van der Waals surface area (Å²) in [6.07, 6.45) is -2.30. The molecule has 29 heavy (non-hydrogen) atoms. The molecular weight excluding hydrogens is 387 g/mol. The Hall–Kier alpha value is -3.88. The fourth-order valence-electron chi connectivity index (χ4n) is 2.47. The van der Waals surface area contributed by atoms with E-state index >= 15 is 0 Å². The number of amides is 2. The zero-order valence-electron chi connectivity index (χ0n) is 14.7. The number of para-hydroxylation sites is 1. The summed E-state index contributed by atoms with van der Waals surface area (Å²) in [6, 6.07) is 14.0. The van der Waals surface area contributed by atoms with Crippen LogP contribution in [0, 0.1) is 0 Å². The van der Waals surface area contributed by atoms with Crippen LogP contribution in [0.2, 0.25) is 0 Å². The highest BCUT2D eigenvalue weighted by Gasteiger charge is 2.32. The lowest BCUT2D eigenvalue weighted by atomic mass is 10.1. The summed E-state index contributed by atoms with van der Waals surface area (Å²) < 4.78 is 44.0. The average Bonchev–Trinajstić information content (AvgIpc) is 3.23. The molecule has 0 spiro atoms. The summed E-state index contributed by atoms with van der Waals surface area (Å²) in [4.78, 5) is 24.5. The molecule has 9 heteroatoms. The van der Waals surface area contributed by atoms with Crippen LogP contribution in [0.15, 0.2) is 76.4 Å². The van der Waals surface area contributed by atoms with Crippen LogP contribution < -0.4 is 10.7 Å². The van der Waals surface area contributed by atoms with Crippen molar-refractivity contribution in [2.75, 3.05) is 5.32 Å². The Labute approximate surface area is 163 Å². The largest absolute Gasteiger partial charge is 0.459 e. The van der Waals surface area contributed by atoms with E-state index in [1.165, 1.54) is 42.7 Å². The van der Waals surface area contributed by atoms with Crippen LogP contribution in [0.1, 0.15) is 32.0 Å². The van der Waals surface area contributed by atoms with Crippen LogP contribution in [-0.4, -0.2) is 18.0 Å². The second kappa shape index (κ2) is 8.42. The third-order valence-corrected chi connectivity index (χ3v) is 3.80. The van der Waals surface area contributed by atoms with Gasteiger partial charge in [0, 0.05) is 5.56 Å². The lowest BCUT2D eigenvalue weighted by molar-refractivity contribution is -0.137. The summed E-state index contributed by atoms with van der Waals surface area (Å²) >= 11 is 0. The number of halogens is 3. The molecule has 0 fully saturated rings. The van der Waals surface area contributed by atoms with Crippen molar-refractivity contribution in [2.24, 2.45) is 5.10 Å². The first kappa shape index (κ1) is 19.9. The van der Waals surface area contributed by atoms with Gasteiger partial charge >= 0.3 is 6.18 Å². The number of carbonyl (C=O) groups excluding carboxylic acids is 2. The predicted molar refractivity (Wildman–Crippen MR) is 99.6 cm³/mol. The highest BCUT2D eigenvalue weighted by atomic mass is 19.4. The first-order valence-electron chi connectivity index (χ1n) is 8.30. The zero-order chi connectivity index (χ0) is 20.9. The second-order valence-corrected chi connectivity index (χ2v) is 5.76. The van der Waals surface area contributed by atoms with E-state index < -0.39 is 23.6 Å². The number of benzene rings is 2. The third kappa shape index (κ3) is 4.89. The minimum Gasteiger partial charge on any atom is -0.459 e. The van der Waals surface area contributed by atoms with Gasteiger partial charge in [0.1, 0.15) is 0 Å². The van der Waals surface area contributed by atoms with E-state index in [1.54, 1.807) is 18.2 Å². The van der Waals surface area contributed by atoms with E-state index in [0.29, 0.717) is 0 Å². The molecule has 1 heterocycles. The van der Waals surface area contributed by atoms with Gasteiger partial charge in [0.05, 0.1) is 29.3 Å². The molecule has 6 nitrogen and oxygen atoms in total. The van der Waals surface area contributed by atoms with Crippen LogP contribution in [0.25, 0.3) is 0 Å². The van der Waals surface area contributed by atoms with Gasteiger partial charge in [0.25, 0.3) is 11.8 Å². The molecule has 2 N–H and O–H groups in total. The van der Waals surface area contributed by atoms with Gasteiger partial charge < -0.3 is 9.73 Å². The van der Waals surface area contributed by atoms with Crippen LogP contribution in [0.4, 0.5) is 18.9 Å². The Kier molecular flexibility index (Phi) is 5.77. The molecule has 3 aromatic rings. The Morgan fingerprint density at radius 1 is 0.931 bits per heavy atom. The Morgan fingerprint density at radius 2 is 1.66 bits per heavy atom. The van der Waals surface area contributed by atoms with E-state index in [2.05, 4.69) is 15.8 Å². The van der Waals surface area contributed by atoms with Crippen molar-refractivity contribution in [1.29, 1.82) is 0 Å². The second-order valence-electron chi connectivity index (χ2n) is 5.76. The average molecular weight is 401 g/mol. The Morgan fingerprint density at radius 3 is 2.38 bits per heavy atom. The molecule has 0 radical (unpaired) electrons. The number of anilines is 1. The van der Waals surface area contributed by atoms with E-state index in [0.717, 1.165) is 12.3 Å². The van der Waals surface area contributed by atoms with Crippen molar-refractivity contribution in [3.63, 3.8) is 0 Å². The molecule has 0 aliphatic heterocycles. The highest BCUT2D eigenvalue weighted by molar-refractivity contribution is 6.08. The molecule has 0 bridgehead atoms. The molecule has 3 rings (SSSR count). The predicted octanol–water partition coefficient (Wildman–Crippen LogP) is 4.31. The van der Waals surface area contributed by atoms with Crippen molar-refractivity contribution in [3.05, 3.63) is 89.4 Å². The Balaban J connectivity index is 1.74. The number of nitrogens with zero attached hydrogens (tertiary/aromatic N) is 1. The zero-order valence-corrected chi connectivity index (χ0v) is 14.7. The summed E-state index contributed by atoms with van der Waals surface area (Å²) in [5.74, 6) is -1.21. The number of furan rings is 1. The van der Waals surface area contributed by atoms with Crippen LogP contribution in [0.3, 0.4) is 0 Å². The third-order valence-electron chi connectivity index (χ3n) is 3.80. The molecule has 0 unspecified atom stereocenters. The number of rotatable bonds is 5. The van der Waals surface area contributed by atoms with Gasteiger partial charge in [-0.2, -0.15) is 18.3 Å². The van der Waals surface area contributed by atoms with Gasteiger partial charge in [-0.25, -0.2) is 5.43 Å². The van der Waals surface area contributed by atoms with Gasteiger partial charge in [0.15, 0.2) is 5.76 Å². The minimum absolute atomic E-state index is 0.0574. The highest BCUT2D eigenvalue weighted by Crippen LogP contribution is 2.31. The standard InChI is InChI=1S/C20H14F3N3O3/c21-20(22,23)15-8-3-1-6-13(15)12-24-26-18(27)14-7-2-4-9-16(14)25-19(28)17-10-5-11-29-17/h1-12H,(H,25,28)(H,26,27)/b24-12-. The van der Waals surface area contributed by atoms with Crippen molar-refractivity contribution < 1.29 is 27.2 Å². The normalized spacial score (nSPS) is 11.4. The van der Waals surface area contributed by atoms with Gasteiger partial charge in [-0.05, 0) is 30.3 Å². The maximum atomic E-state index is 13.0. The quantitative estimate of drug-likeness (QED) is 0.494. The van der Waals surface area contributed by atoms with Crippen LogP contribution >= 0.6 is 0 Å². The number of carbonyl (C=O) groups is 2. The topological polar surface area (TPSA) is 83.7 Å². The first-order chi connectivity index (χ1) is 13.9. The van der Waals surface area contributed by atoms with E-state index in [-0.39, 0.29) is 22.6 Å². The van der Waals surface area contributed by atoms with Gasteiger partial charge in [0.2, 0.25) is 0 Å². The minimum atomic E-state index is -4.55. The molecule has 148 valence electrons. The van der Waals surface area contributed by atoms with Crippen LogP contribution in [-0.2, 0) is 6.18 Å². The lowest BCUT2D eigenvalue weighted by Crippen LogP contribution is -2.21. The van der Waals surface area contributed by atoms with Crippen molar-refractivity contribution >= 4 is 23.7 Å². The summed E-state index contributed by atoms with van der Waals surface area (Å²) in [6.45, 7) is 0. The van der Waals surface area contributed by atoms with Gasteiger partial charge in [-0.15, -0.1) is 0 Å². The van der Waals surface area contributed by atoms with E-state index in [9.17, 15) is 22.8 Å². The van der Waals surface area contributed by atoms with Crippen molar-refractivity contribution in [1.82, 2.24) is 5.43 Å². The smallest absolute Gasteiger partial charge is 0.417 e. The lowest BCUT2D eigenvalue weighted by Gasteiger charge is -2.10. The summed E-state index contributed by atoms with van der Waals surface area (Å²) in [7, 11) is 0. The monoisotopic (exact) mass is 401 g/mol. The van der Waals surface area contributed by atoms with Crippen molar-refractivity contribution in [2.45, 2.75) is 6.18 Å². The summed E-state index contributed by atoms with van der Waals surface area (Å²) in [5, 5.41) is 6.14. The molecule has 2 aromatic carbocycles. The molecule has 0 aliphatic rings. The maximum absolute atomic E-state index is 13.0. The van der Waals surface area contributed by atoms with Gasteiger partial charge in [-0.3, -0.25) is 9.59 Å². The molecule has 0 saturated carbocycles. The molecule has 0 saturated heterocycles. The molecular formula is C20H14F3N3O3. The Bertz CT molecular complexity index is 1040. The number of hydrogen-bond acceptors (Lipinski definition) is 4. The maximum Gasteiger partial charge on any atom is 0.417 e. The molecule has 0 atom stereocenters. The first-order valence-corrected chi connectivity index (χ1v) is 8.30. The number of hydrazone groups is 1. The van der Waals surface area contributed by atoms with Crippen LogP contribution in [0.5, 0.6) is 0 Å². The summed E-state index contributed by atoms with van der Waals surface area (Å²) in [5.41, 5.74) is 1.37. The van der Waals surface area contributed by atoms with Gasteiger partial charge in [-0.1, -0.05) is 30.3 Å². The fraction of sp³-hybridized carbons (Fsp3) is 0.0500.